The summed E-state index contributed by atoms with van der Waals surface area (Å²) in [5.74, 6) is -0.201. The molecule has 0 aromatic carbocycles. The lowest BCUT2D eigenvalue weighted by molar-refractivity contribution is -0.122. The highest BCUT2D eigenvalue weighted by atomic mass is 16.3. The Bertz CT molecular complexity index is 126. The number of nitrogens with one attached hydrogen (secondary N) is 1. The van der Waals surface area contributed by atoms with E-state index in [1.165, 1.54) is 0 Å². The first-order chi connectivity index (χ1) is 5.07. The summed E-state index contributed by atoms with van der Waals surface area (Å²) in [5, 5.41) is 11.3. The molecule has 2 atom stereocenters. The average molecular weight is 160 g/mol. The van der Waals surface area contributed by atoms with Gasteiger partial charge in [-0.3, -0.25) is 4.79 Å². The van der Waals surface area contributed by atoms with Gasteiger partial charge in [-0.25, -0.2) is 0 Å². The van der Waals surface area contributed by atoms with Crippen molar-refractivity contribution < 1.29 is 9.90 Å². The van der Waals surface area contributed by atoms with Gasteiger partial charge < -0.3 is 16.2 Å². The molecule has 1 amide bonds. The van der Waals surface area contributed by atoms with Crippen molar-refractivity contribution in [1.29, 1.82) is 0 Å². The largest absolute Gasteiger partial charge is 0.392 e. The standard InChI is InChI=1S/C7H16N2O2/c1-3-6(8)7(11)9-4-5(2)10/h5-6,10H,3-4,8H2,1-2H3,(H,9,11)/t5-,6-/m0/s1. The van der Waals surface area contributed by atoms with Crippen LogP contribution in [-0.2, 0) is 4.79 Å². The fraction of sp³-hybridized carbons (Fsp3) is 0.857. The van der Waals surface area contributed by atoms with Crippen LogP contribution in [0.15, 0.2) is 0 Å². The van der Waals surface area contributed by atoms with Crippen LogP contribution in [0.3, 0.4) is 0 Å². The van der Waals surface area contributed by atoms with E-state index in [1.807, 2.05) is 6.92 Å². The molecule has 4 heteroatoms. The molecule has 0 saturated carbocycles. The maximum atomic E-state index is 10.9. The van der Waals surface area contributed by atoms with E-state index >= 15 is 0 Å². The monoisotopic (exact) mass is 160 g/mol. The molecule has 0 spiro atoms. The molecule has 0 heterocycles. The highest BCUT2D eigenvalue weighted by Crippen LogP contribution is 1.85. The van der Waals surface area contributed by atoms with E-state index < -0.39 is 12.1 Å². The molecule has 4 N–H and O–H groups in total. The first-order valence-corrected chi connectivity index (χ1v) is 3.79. The minimum absolute atomic E-state index is 0.201. The number of hydrogen-bond donors (Lipinski definition) is 3. The quantitative estimate of drug-likeness (QED) is 0.505. The fourth-order valence-corrected chi connectivity index (χ4v) is 0.565. The van der Waals surface area contributed by atoms with Gasteiger partial charge in [-0.15, -0.1) is 0 Å². The van der Waals surface area contributed by atoms with Crippen LogP contribution in [0.1, 0.15) is 20.3 Å². The second-order valence-corrected chi connectivity index (χ2v) is 2.61. The molecule has 0 aliphatic carbocycles. The van der Waals surface area contributed by atoms with Gasteiger partial charge in [-0.2, -0.15) is 0 Å². The number of carbonyl (C=O) groups excluding carboxylic acids is 1. The van der Waals surface area contributed by atoms with Gasteiger partial charge in [-0.1, -0.05) is 6.92 Å². The molecule has 0 aliphatic rings. The van der Waals surface area contributed by atoms with Gasteiger partial charge in [0.2, 0.25) is 5.91 Å². The third-order valence-corrected chi connectivity index (χ3v) is 1.35. The molecule has 0 aromatic heterocycles. The lowest BCUT2D eigenvalue weighted by atomic mass is 10.2. The molecule has 0 saturated heterocycles. The zero-order chi connectivity index (χ0) is 8.85. The highest BCUT2D eigenvalue weighted by Gasteiger charge is 2.10. The summed E-state index contributed by atoms with van der Waals surface area (Å²) in [6.07, 6.45) is 0.106. The van der Waals surface area contributed by atoms with Crippen LogP contribution in [0.25, 0.3) is 0 Å². The Kier molecular flexibility index (Phi) is 4.81. The molecule has 0 bridgehead atoms. The van der Waals surface area contributed by atoms with Gasteiger partial charge in [0, 0.05) is 6.54 Å². The van der Waals surface area contributed by atoms with Crippen LogP contribution in [0.4, 0.5) is 0 Å². The van der Waals surface area contributed by atoms with Crippen LogP contribution in [0.2, 0.25) is 0 Å². The van der Waals surface area contributed by atoms with Crippen LogP contribution < -0.4 is 11.1 Å². The summed E-state index contributed by atoms with van der Waals surface area (Å²) in [6, 6.07) is -0.450. The molecule has 0 radical (unpaired) electrons. The van der Waals surface area contributed by atoms with Gasteiger partial charge in [0.25, 0.3) is 0 Å². The maximum absolute atomic E-state index is 10.9. The molecule has 66 valence electrons. The minimum atomic E-state index is -0.511. The second kappa shape index (κ2) is 5.09. The molecule has 0 rings (SSSR count). The van der Waals surface area contributed by atoms with E-state index in [4.69, 9.17) is 10.8 Å². The Morgan fingerprint density at radius 2 is 2.27 bits per heavy atom. The minimum Gasteiger partial charge on any atom is -0.392 e. The van der Waals surface area contributed by atoms with E-state index in [9.17, 15) is 4.79 Å². The Labute approximate surface area is 66.8 Å². The second-order valence-electron chi connectivity index (χ2n) is 2.61. The number of rotatable bonds is 4. The van der Waals surface area contributed by atoms with Crippen LogP contribution in [-0.4, -0.2) is 29.7 Å². The fourth-order valence-electron chi connectivity index (χ4n) is 0.565. The SMILES string of the molecule is CC[C@H](N)C(=O)NC[C@H](C)O. The molecule has 0 unspecified atom stereocenters. The van der Waals surface area contributed by atoms with E-state index in [1.54, 1.807) is 6.92 Å². The van der Waals surface area contributed by atoms with E-state index in [0.717, 1.165) is 0 Å². The number of nitrogens with two attached hydrogens (primary N) is 1. The number of carbonyl (C=O) groups is 1. The van der Waals surface area contributed by atoms with Crippen molar-refractivity contribution in [2.75, 3.05) is 6.54 Å². The van der Waals surface area contributed by atoms with Crippen LogP contribution >= 0.6 is 0 Å². The summed E-state index contributed by atoms with van der Waals surface area (Å²) < 4.78 is 0. The van der Waals surface area contributed by atoms with Crippen molar-refractivity contribution in [1.82, 2.24) is 5.32 Å². The van der Waals surface area contributed by atoms with Crippen molar-refractivity contribution in [2.24, 2.45) is 5.73 Å². The van der Waals surface area contributed by atoms with Gasteiger partial charge >= 0.3 is 0 Å². The first kappa shape index (κ1) is 10.4. The smallest absolute Gasteiger partial charge is 0.236 e. The normalized spacial score (nSPS) is 15.6. The zero-order valence-electron chi connectivity index (χ0n) is 7.00. The topological polar surface area (TPSA) is 75.4 Å². The molecular weight excluding hydrogens is 144 g/mol. The number of amides is 1. The summed E-state index contributed by atoms with van der Waals surface area (Å²) in [6.45, 7) is 3.72. The summed E-state index contributed by atoms with van der Waals surface area (Å²) in [4.78, 5) is 10.9. The van der Waals surface area contributed by atoms with Gasteiger partial charge in [0.15, 0.2) is 0 Å². The predicted octanol–water partition coefficient (Wildman–Crippen LogP) is -0.779. The highest BCUT2D eigenvalue weighted by molar-refractivity contribution is 5.81. The van der Waals surface area contributed by atoms with E-state index in [2.05, 4.69) is 5.32 Å². The molecule has 0 fully saturated rings. The van der Waals surface area contributed by atoms with E-state index in [-0.39, 0.29) is 12.5 Å². The molecule has 11 heavy (non-hydrogen) atoms. The maximum Gasteiger partial charge on any atom is 0.236 e. The number of aliphatic hydroxyl groups excluding tert-OH is 1. The third-order valence-electron chi connectivity index (χ3n) is 1.35. The van der Waals surface area contributed by atoms with Crippen molar-refractivity contribution in [2.45, 2.75) is 32.4 Å². The average Bonchev–Trinajstić information content (AvgIpc) is 1.98. The first-order valence-electron chi connectivity index (χ1n) is 3.79. The number of hydrogen-bond acceptors (Lipinski definition) is 3. The summed E-state index contributed by atoms with van der Waals surface area (Å²) >= 11 is 0. The third kappa shape index (κ3) is 4.75. The lowest BCUT2D eigenvalue weighted by Crippen LogP contribution is -2.42. The van der Waals surface area contributed by atoms with Crippen LogP contribution in [0, 0.1) is 0 Å². The Morgan fingerprint density at radius 1 is 1.73 bits per heavy atom. The van der Waals surface area contributed by atoms with Crippen molar-refractivity contribution >= 4 is 5.91 Å². The van der Waals surface area contributed by atoms with Crippen molar-refractivity contribution in [3.8, 4) is 0 Å². The van der Waals surface area contributed by atoms with Gasteiger partial charge in [-0.05, 0) is 13.3 Å². The van der Waals surface area contributed by atoms with Crippen LogP contribution in [0.5, 0.6) is 0 Å². The molecular formula is C7H16N2O2. The lowest BCUT2D eigenvalue weighted by Gasteiger charge is -2.10. The Balaban J connectivity index is 3.52. The zero-order valence-corrected chi connectivity index (χ0v) is 7.00. The van der Waals surface area contributed by atoms with Crippen molar-refractivity contribution in [3.63, 3.8) is 0 Å². The predicted molar refractivity (Wildman–Crippen MR) is 43.0 cm³/mol. The number of aliphatic hydroxyl groups is 1. The molecule has 0 aliphatic heterocycles. The van der Waals surface area contributed by atoms with Gasteiger partial charge in [0.05, 0.1) is 12.1 Å². The Morgan fingerprint density at radius 3 is 2.64 bits per heavy atom. The molecule has 4 nitrogen and oxygen atoms in total. The summed E-state index contributed by atoms with van der Waals surface area (Å²) in [5.41, 5.74) is 5.41. The molecule has 0 aromatic rings. The van der Waals surface area contributed by atoms with Gasteiger partial charge in [0.1, 0.15) is 0 Å². The van der Waals surface area contributed by atoms with E-state index in [0.29, 0.717) is 6.42 Å². The Hall–Kier alpha value is -0.610. The summed E-state index contributed by atoms with van der Waals surface area (Å²) in [7, 11) is 0. The van der Waals surface area contributed by atoms with Crippen molar-refractivity contribution in [3.05, 3.63) is 0 Å².